The molecule has 0 bridgehead atoms. The molecule has 0 heterocycles. The first-order valence-corrected chi connectivity index (χ1v) is 9.23. The van der Waals surface area contributed by atoms with E-state index in [1.807, 2.05) is 18.2 Å². The van der Waals surface area contributed by atoms with Crippen molar-refractivity contribution in [2.24, 2.45) is 0 Å². The predicted molar refractivity (Wildman–Crippen MR) is 83.4 cm³/mol. The summed E-state index contributed by atoms with van der Waals surface area (Å²) in [7, 11) is -5.43. The highest BCUT2D eigenvalue weighted by Crippen LogP contribution is 2.24. The molecule has 0 N–H and O–H groups in total. The SMILES string of the molecule is O=S(=O)(OCCCCCCCCCc1ccccc1)C(F)(F)F. The van der Waals surface area contributed by atoms with Crippen molar-refractivity contribution in [1.82, 2.24) is 0 Å². The fraction of sp³-hybridized carbons (Fsp3) is 0.625. The maximum Gasteiger partial charge on any atom is 0.523 e. The third kappa shape index (κ3) is 8.37. The van der Waals surface area contributed by atoms with E-state index in [1.54, 1.807) is 0 Å². The third-order valence-electron chi connectivity index (χ3n) is 3.47. The van der Waals surface area contributed by atoms with Gasteiger partial charge in [0.1, 0.15) is 0 Å². The average molecular weight is 352 g/mol. The fourth-order valence-electron chi connectivity index (χ4n) is 2.20. The van der Waals surface area contributed by atoms with Crippen LogP contribution in [0.4, 0.5) is 13.2 Å². The highest BCUT2D eigenvalue weighted by atomic mass is 32.2. The molecule has 0 aromatic heterocycles. The maximum atomic E-state index is 12.0. The summed E-state index contributed by atoms with van der Waals surface area (Å²) in [5.74, 6) is 0. The van der Waals surface area contributed by atoms with Gasteiger partial charge in [0.25, 0.3) is 0 Å². The van der Waals surface area contributed by atoms with Gasteiger partial charge in [0.05, 0.1) is 6.61 Å². The number of alkyl halides is 3. The smallest absolute Gasteiger partial charge is 0.263 e. The molecular weight excluding hydrogens is 329 g/mol. The van der Waals surface area contributed by atoms with Gasteiger partial charge < -0.3 is 0 Å². The number of unbranched alkanes of at least 4 members (excludes halogenated alkanes) is 6. The Bertz CT molecular complexity index is 527. The van der Waals surface area contributed by atoms with Crippen LogP contribution in [0.25, 0.3) is 0 Å². The number of hydrogen-bond acceptors (Lipinski definition) is 3. The van der Waals surface area contributed by atoms with E-state index in [1.165, 1.54) is 5.56 Å². The average Bonchev–Trinajstić information content (AvgIpc) is 2.49. The van der Waals surface area contributed by atoms with Crippen LogP contribution in [0.15, 0.2) is 30.3 Å². The molecule has 0 amide bonds. The van der Waals surface area contributed by atoms with Gasteiger partial charge in [-0.3, -0.25) is 4.18 Å². The topological polar surface area (TPSA) is 43.4 Å². The van der Waals surface area contributed by atoms with Crippen molar-refractivity contribution in [2.75, 3.05) is 6.61 Å². The Morgan fingerprint density at radius 2 is 1.35 bits per heavy atom. The highest BCUT2D eigenvalue weighted by molar-refractivity contribution is 7.87. The minimum atomic E-state index is -5.43. The highest BCUT2D eigenvalue weighted by Gasteiger charge is 2.47. The second-order valence-electron chi connectivity index (χ2n) is 5.43. The van der Waals surface area contributed by atoms with Crippen molar-refractivity contribution < 1.29 is 25.8 Å². The molecule has 0 spiro atoms. The van der Waals surface area contributed by atoms with Crippen molar-refractivity contribution >= 4 is 10.1 Å². The van der Waals surface area contributed by atoms with Gasteiger partial charge in [0, 0.05) is 0 Å². The maximum absolute atomic E-state index is 12.0. The van der Waals surface area contributed by atoms with E-state index in [-0.39, 0.29) is 0 Å². The normalized spacial score (nSPS) is 12.5. The van der Waals surface area contributed by atoms with E-state index in [0.717, 1.165) is 38.5 Å². The number of benzene rings is 1. The Morgan fingerprint density at radius 3 is 1.91 bits per heavy atom. The molecule has 0 aliphatic carbocycles. The zero-order valence-electron chi connectivity index (χ0n) is 13.0. The summed E-state index contributed by atoms with van der Waals surface area (Å²) >= 11 is 0. The Kier molecular flexibility index (Phi) is 8.62. The molecule has 3 nitrogen and oxygen atoms in total. The molecule has 1 rings (SSSR count). The predicted octanol–water partition coefficient (Wildman–Crippen LogP) is 4.83. The molecule has 23 heavy (non-hydrogen) atoms. The molecule has 7 heteroatoms. The van der Waals surface area contributed by atoms with Crippen molar-refractivity contribution in [1.29, 1.82) is 0 Å². The van der Waals surface area contributed by atoms with Gasteiger partial charge in [0.15, 0.2) is 0 Å². The zero-order chi connectivity index (χ0) is 17.2. The minimum Gasteiger partial charge on any atom is -0.263 e. The Morgan fingerprint density at radius 1 is 0.826 bits per heavy atom. The van der Waals surface area contributed by atoms with Crippen LogP contribution in [0.3, 0.4) is 0 Å². The number of hydrogen-bond donors (Lipinski definition) is 0. The molecule has 1 aromatic carbocycles. The molecular formula is C16H23F3O3S. The molecule has 0 saturated heterocycles. The van der Waals surface area contributed by atoms with Crippen molar-refractivity contribution in [3.05, 3.63) is 35.9 Å². The lowest BCUT2D eigenvalue weighted by Crippen LogP contribution is -2.25. The van der Waals surface area contributed by atoms with Crippen LogP contribution in [0.2, 0.25) is 0 Å². The molecule has 132 valence electrons. The van der Waals surface area contributed by atoms with Crippen LogP contribution in [-0.4, -0.2) is 20.5 Å². The van der Waals surface area contributed by atoms with E-state index in [2.05, 4.69) is 16.3 Å². The summed E-state index contributed by atoms with van der Waals surface area (Å²) in [6.07, 6.45) is 7.25. The number of aryl methyl sites for hydroxylation is 1. The van der Waals surface area contributed by atoms with E-state index in [9.17, 15) is 21.6 Å². The number of rotatable bonds is 11. The van der Waals surface area contributed by atoms with Crippen LogP contribution >= 0.6 is 0 Å². The molecule has 0 atom stereocenters. The van der Waals surface area contributed by atoms with Crippen molar-refractivity contribution in [3.8, 4) is 0 Å². The van der Waals surface area contributed by atoms with Crippen LogP contribution < -0.4 is 0 Å². The lowest BCUT2D eigenvalue weighted by atomic mass is 10.0. The van der Waals surface area contributed by atoms with Crippen LogP contribution in [-0.2, 0) is 20.7 Å². The second-order valence-corrected chi connectivity index (χ2v) is 7.04. The summed E-state index contributed by atoms with van der Waals surface area (Å²) < 4.78 is 61.2. The largest absolute Gasteiger partial charge is 0.523 e. The lowest BCUT2D eigenvalue weighted by molar-refractivity contribution is -0.0542. The second kappa shape index (κ2) is 9.93. The molecule has 0 radical (unpaired) electrons. The monoisotopic (exact) mass is 352 g/mol. The molecule has 0 fully saturated rings. The standard InChI is InChI=1S/C16H23F3O3S/c17-16(18,19)23(20,21)22-14-10-5-3-1-2-4-7-11-15-12-8-6-9-13-15/h6,8-9,12-13H,1-5,7,10-11,14H2. The van der Waals surface area contributed by atoms with E-state index in [4.69, 9.17) is 0 Å². The Labute approximate surface area is 136 Å². The summed E-state index contributed by atoms with van der Waals surface area (Å²) in [5.41, 5.74) is -4.00. The third-order valence-corrected chi connectivity index (χ3v) is 4.52. The first kappa shape index (κ1) is 20.0. The fourth-order valence-corrected chi connectivity index (χ4v) is 2.67. The van der Waals surface area contributed by atoms with E-state index in [0.29, 0.717) is 12.8 Å². The lowest BCUT2D eigenvalue weighted by Gasteiger charge is -2.08. The Hall–Kier alpha value is -1.08. The molecule has 0 saturated carbocycles. The summed E-state index contributed by atoms with van der Waals surface area (Å²) in [5, 5.41) is 0. The van der Waals surface area contributed by atoms with Crippen molar-refractivity contribution in [3.63, 3.8) is 0 Å². The number of halogens is 3. The van der Waals surface area contributed by atoms with Gasteiger partial charge in [-0.05, 0) is 24.8 Å². The summed E-state index contributed by atoms with van der Waals surface area (Å²) in [4.78, 5) is 0. The molecule has 0 unspecified atom stereocenters. The molecule has 1 aromatic rings. The van der Waals surface area contributed by atoms with Gasteiger partial charge in [-0.25, -0.2) is 0 Å². The van der Waals surface area contributed by atoms with Gasteiger partial charge in [0.2, 0.25) is 0 Å². The van der Waals surface area contributed by atoms with Gasteiger partial charge >= 0.3 is 15.6 Å². The van der Waals surface area contributed by atoms with Gasteiger partial charge in [-0.15, -0.1) is 0 Å². The first-order valence-electron chi connectivity index (χ1n) is 7.82. The summed E-state index contributed by atoms with van der Waals surface area (Å²) in [6, 6.07) is 10.3. The van der Waals surface area contributed by atoms with Gasteiger partial charge in [-0.2, -0.15) is 21.6 Å². The van der Waals surface area contributed by atoms with Crippen LogP contribution in [0, 0.1) is 0 Å². The van der Waals surface area contributed by atoms with Crippen molar-refractivity contribution in [2.45, 2.75) is 56.9 Å². The quantitative estimate of drug-likeness (QED) is 0.326. The van der Waals surface area contributed by atoms with E-state index < -0.39 is 22.2 Å². The van der Waals surface area contributed by atoms with Crippen LogP contribution in [0.1, 0.15) is 50.5 Å². The van der Waals surface area contributed by atoms with E-state index >= 15 is 0 Å². The molecule has 0 aliphatic heterocycles. The first-order chi connectivity index (χ1) is 10.8. The Balaban J connectivity index is 1.94. The minimum absolute atomic E-state index is 0.319. The zero-order valence-corrected chi connectivity index (χ0v) is 13.8. The summed E-state index contributed by atoms with van der Waals surface area (Å²) in [6.45, 7) is -0.407. The van der Waals surface area contributed by atoms with Gasteiger partial charge in [-0.1, -0.05) is 62.4 Å². The van der Waals surface area contributed by atoms with Crippen LogP contribution in [0.5, 0.6) is 0 Å². The molecule has 0 aliphatic rings.